The lowest BCUT2D eigenvalue weighted by Crippen LogP contribution is -2.44. The Hall–Kier alpha value is -1.49. The molecule has 0 spiro atoms. The summed E-state index contributed by atoms with van der Waals surface area (Å²) in [5.41, 5.74) is 6.65. The van der Waals surface area contributed by atoms with Gasteiger partial charge in [-0.05, 0) is 36.5 Å². The van der Waals surface area contributed by atoms with Crippen LogP contribution in [0.15, 0.2) is 29.2 Å². The van der Waals surface area contributed by atoms with Crippen molar-refractivity contribution in [2.24, 2.45) is 11.7 Å². The first-order chi connectivity index (χ1) is 10.5. The SMILES string of the molecule is CC(C)c1ccc(SCC(=O)N2CCCC(C(N)=O)C2)cc1. The van der Waals surface area contributed by atoms with Crippen LogP contribution in [0.5, 0.6) is 0 Å². The van der Waals surface area contributed by atoms with E-state index < -0.39 is 0 Å². The van der Waals surface area contributed by atoms with Gasteiger partial charge in [-0.3, -0.25) is 9.59 Å². The monoisotopic (exact) mass is 320 g/mol. The lowest BCUT2D eigenvalue weighted by Gasteiger charge is -2.31. The average Bonchev–Trinajstić information content (AvgIpc) is 2.53. The molecule has 0 aliphatic carbocycles. The number of hydrogen-bond donors (Lipinski definition) is 1. The minimum atomic E-state index is -0.297. The van der Waals surface area contributed by atoms with E-state index >= 15 is 0 Å². The summed E-state index contributed by atoms with van der Waals surface area (Å²) in [6.07, 6.45) is 1.65. The summed E-state index contributed by atoms with van der Waals surface area (Å²) in [6.45, 7) is 5.53. The topological polar surface area (TPSA) is 63.4 Å². The summed E-state index contributed by atoms with van der Waals surface area (Å²) >= 11 is 1.54. The van der Waals surface area contributed by atoms with Crippen LogP contribution in [-0.4, -0.2) is 35.6 Å². The molecule has 1 unspecified atom stereocenters. The third kappa shape index (κ3) is 4.50. The molecule has 0 radical (unpaired) electrons. The van der Waals surface area contributed by atoms with E-state index in [9.17, 15) is 9.59 Å². The number of likely N-dealkylation sites (tertiary alicyclic amines) is 1. The van der Waals surface area contributed by atoms with E-state index in [4.69, 9.17) is 5.73 Å². The smallest absolute Gasteiger partial charge is 0.232 e. The Morgan fingerprint density at radius 1 is 1.32 bits per heavy atom. The van der Waals surface area contributed by atoms with Crippen molar-refractivity contribution in [2.45, 2.75) is 37.5 Å². The van der Waals surface area contributed by atoms with Crippen LogP contribution in [0.25, 0.3) is 0 Å². The summed E-state index contributed by atoms with van der Waals surface area (Å²) in [5.74, 6) is 0.526. The maximum atomic E-state index is 12.3. The number of nitrogens with zero attached hydrogens (tertiary/aromatic N) is 1. The quantitative estimate of drug-likeness (QED) is 0.848. The third-order valence-corrected chi connectivity index (χ3v) is 5.08. The molecule has 1 saturated heterocycles. The van der Waals surface area contributed by atoms with E-state index in [1.807, 2.05) is 0 Å². The van der Waals surface area contributed by atoms with Gasteiger partial charge in [0.25, 0.3) is 0 Å². The lowest BCUT2D eigenvalue weighted by atomic mass is 9.97. The number of carbonyl (C=O) groups excluding carboxylic acids is 2. The van der Waals surface area contributed by atoms with Crippen molar-refractivity contribution in [3.8, 4) is 0 Å². The van der Waals surface area contributed by atoms with E-state index in [0.717, 1.165) is 24.3 Å². The average molecular weight is 320 g/mol. The Labute approximate surface area is 136 Å². The largest absolute Gasteiger partial charge is 0.369 e. The minimum absolute atomic E-state index is 0.0869. The number of primary amides is 1. The van der Waals surface area contributed by atoms with Crippen LogP contribution in [-0.2, 0) is 9.59 Å². The van der Waals surface area contributed by atoms with E-state index in [1.54, 1.807) is 16.7 Å². The second-order valence-electron chi connectivity index (χ2n) is 6.09. The number of piperidine rings is 1. The van der Waals surface area contributed by atoms with Gasteiger partial charge in [0.1, 0.15) is 0 Å². The summed E-state index contributed by atoms with van der Waals surface area (Å²) in [7, 11) is 0. The Morgan fingerprint density at radius 3 is 2.59 bits per heavy atom. The fraction of sp³-hybridized carbons (Fsp3) is 0.529. The molecule has 1 atom stereocenters. The molecule has 0 bridgehead atoms. The third-order valence-electron chi connectivity index (χ3n) is 4.09. The van der Waals surface area contributed by atoms with Gasteiger partial charge in [-0.25, -0.2) is 0 Å². The zero-order chi connectivity index (χ0) is 16.1. The lowest BCUT2D eigenvalue weighted by molar-refractivity contribution is -0.132. The molecule has 1 aromatic rings. The van der Waals surface area contributed by atoms with Gasteiger partial charge in [-0.1, -0.05) is 26.0 Å². The fourth-order valence-corrected chi connectivity index (χ4v) is 3.42. The van der Waals surface area contributed by atoms with Gasteiger partial charge in [-0.2, -0.15) is 0 Å². The van der Waals surface area contributed by atoms with Crippen LogP contribution < -0.4 is 5.73 Å². The number of rotatable bonds is 5. The van der Waals surface area contributed by atoms with Crippen molar-refractivity contribution in [2.75, 3.05) is 18.8 Å². The van der Waals surface area contributed by atoms with Gasteiger partial charge >= 0.3 is 0 Å². The van der Waals surface area contributed by atoms with Crippen molar-refractivity contribution in [3.05, 3.63) is 29.8 Å². The van der Waals surface area contributed by atoms with Crippen molar-refractivity contribution < 1.29 is 9.59 Å². The molecule has 2 amide bonds. The number of hydrogen-bond acceptors (Lipinski definition) is 3. The Morgan fingerprint density at radius 2 is 2.00 bits per heavy atom. The molecule has 0 aromatic heterocycles. The fourth-order valence-electron chi connectivity index (χ4n) is 2.62. The molecule has 1 aliphatic heterocycles. The highest BCUT2D eigenvalue weighted by Crippen LogP contribution is 2.23. The van der Waals surface area contributed by atoms with Gasteiger partial charge in [0.15, 0.2) is 0 Å². The number of carbonyl (C=O) groups is 2. The summed E-state index contributed by atoms with van der Waals surface area (Å²) < 4.78 is 0. The number of amides is 2. The van der Waals surface area contributed by atoms with Crippen LogP contribution in [0.3, 0.4) is 0 Å². The van der Waals surface area contributed by atoms with Gasteiger partial charge in [0.2, 0.25) is 11.8 Å². The molecule has 22 heavy (non-hydrogen) atoms. The Balaban J connectivity index is 1.85. The van der Waals surface area contributed by atoms with E-state index in [2.05, 4.69) is 38.1 Å². The molecule has 5 heteroatoms. The number of nitrogens with two attached hydrogens (primary N) is 1. The second-order valence-corrected chi connectivity index (χ2v) is 7.14. The normalized spacial score (nSPS) is 18.5. The van der Waals surface area contributed by atoms with Gasteiger partial charge < -0.3 is 10.6 Å². The van der Waals surface area contributed by atoms with Crippen molar-refractivity contribution in [1.29, 1.82) is 0 Å². The first kappa shape index (κ1) is 16.9. The van der Waals surface area contributed by atoms with Crippen LogP contribution in [0.2, 0.25) is 0 Å². The standard InChI is InChI=1S/C17H24N2O2S/c1-12(2)13-5-7-15(8-6-13)22-11-16(20)19-9-3-4-14(10-19)17(18)21/h5-8,12,14H,3-4,9-11H2,1-2H3,(H2,18,21). The molecule has 0 saturated carbocycles. The molecule has 1 aliphatic rings. The predicted octanol–water partition coefficient (Wildman–Crippen LogP) is 2.63. The van der Waals surface area contributed by atoms with E-state index in [1.165, 1.54) is 5.56 Å². The molecule has 1 aromatic carbocycles. The molecule has 2 rings (SSSR count). The zero-order valence-electron chi connectivity index (χ0n) is 13.2. The first-order valence-electron chi connectivity index (χ1n) is 7.77. The van der Waals surface area contributed by atoms with Crippen molar-refractivity contribution in [1.82, 2.24) is 4.90 Å². The van der Waals surface area contributed by atoms with Crippen LogP contribution in [0, 0.1) is 5.92 Å². The molecule has 2 N–H and O–H groups in total. The maximum absolute atomic E-state index is 12.3. The maximum Gasteiger partial charge on any atom is 0.232 e. The molecule has 4 nitrogen and oxygen atoms in total. The molecule has 1 heterocycles. The van der Waals surface area contributed by atoms with Crippen molar-refractivity contribution >= 4 is 23.6 Å². The highest BCUT2D eigenvalue weighted by atomic mass is 32.2. The van der Waals surface area contributed by atoms with Crippen molar-refractivity contribution in [3.63, 3.8) is 0 Å². The van der Waals surface area contributed by atoms with Crippen LogP contribution in [0.4, 0.5) is 0 Å². The van der Waals surface area contributed by atoms with Crippen LogP contribution in [0.1, 0.15) is 38.2 Å². The van der Waals surface area contributed by atoms with E-state index in [-0.39, 0.29) is 17.7 Å². The number of thioether (sulfide) groups is 1. The summed E-state index contributed by atoms with van der Waals surface area (Å²) in [5, 5.41) is 0. The minimum Gasteiger partial charge on any atom is -0.369 e. The predicted molar refractivity (Wildman–Crippen MR) is 89.8 cm³/mol. The van der Waals surface area contributed by atoms with Crippen LogP contribution >= 0.6 is 11.8 Å². The summed E-state index contributed by atoms with van der Waals surface area (Å²) in [6, 6.07) is 8.36. The zero-order valence-corrected chi connectivity index (χ0v) is 14.1. The second kappa shape index (κ2) is 7.68. The first-order valence-corrected chi connectivity index (χ1v) is 8.75. The summed E-state index contributed by atoms with van der Waals surface area (Å²) in [4.78, 5) is 26.4. The Kier molecular flexibility index (Phi) is 5.89. The molecular formula is C17H24N2O2S. The highest BCUT2D eigenvalue weighted by molar-refractivity contribution is 8.00. The molecular weight excluding hydrogens is 296 g/mol. The Bertz CT molecular complexity index is 528. The number of benzene rings is 1. The van der Waals surface area contributed by atoms with Gasteiger partial charge in [-0.15, -0.1) is 11.8 Å². The molecule has 1 fully saturated rings. The van der Waals surface area contributed by atoms with Gasteiger partial charge in [0, 0.05) is 18.0 Å². The van der Waals surface area contributed by atoms with Gasteiger partial charge in [0.05, 0.1) is 11.7 Å². The highest BCUT2D eigenvalue weighted by Gasteiger charge is 2.26. The molecule has 120 valence electrons. The van der Waals surface area contributed by atoms with E-state index in [0.29, 0.717) is 18.2 Å².